The van der Waals surface area contributed by atoms with Gasteiger partial charge in [-0.3, -0.25) is 4.79 Å². The molecule has 0 aliphatic heterocycles. The van der Waals surface area contributed by atoms with Gasteiger partial charge in [-0.2, -0.15) is 0 Å². The summed E-state index contributed by atoms with van der Waals surface area (Å²) in [4.78, 5) is 12.7. The Morgan fingerprint density at radius 1 is 1.10 bits per heavy atom. The number of aryl methyl sites for hydroxylation is 1. The van der Waals surface area contributed by atoms with Gasteiger partial charge in [-0.1, -0.05) is 42.3 Å². The van der Waals surface area contributed by atoms with Crippen molar-refractivity contribution in [1.29, 1.82) is 0 Å². The maximum atomic E-state index is 12.7. The quantitative estimate of drug-likeness (QED) is 0.771. The molecule has 0 spiro atoms. The molecule has 0 N–H and O–H groups in total. The summed E-state index contributed by atoms with van der Waals surface area (Å²) in [5.74, 6) is 1.35. The monoisotopic (exact) mass is 280 g/mol. The maximum absolute atomic E-state index is 12.7. The van der Waals surface area contributed by atoms with Crippen molar-refractivity contribution in [2.75, 3.05) is 7.11 Å². The lowest BCUT2D eigenvalue weighted by atomic mass is 9.80. The predicted molar refractivity (Wildman–Crippen MR) is 84.2 cm³/mol. The highest BCUT2D eigenvalue weighted by Crippen LogP contribution is 2.36. The molecule has 0 radical (unpaired) electrons. The summed E-state index contributed by atoms with van der Waals surface area (Å²) in [6, 6.07) is 13.8. The predicted octanol–water partition coefficient (Wildman–Crippen LogP) is 4.50. The van der Waals surface area contributed by atoms with Gasteiger partial charge in [0, 0.05) is 5.56 Å². The molecule has 108 valence electrons. The smallest absolute Gasteiger partial charge is 0.196 e. The standard InChI is InChI=1S/C19H20O2/c1-13-6-11-18(21-2)17(12-13)19(20)16-9-7-15(8-10-16)14-4-3-5-14/h6-12,14H,3-5H2,1-2H3. The van der Waals surface area contributed by atoms with Gasteiger partial charge in [0.15, 0.2) is 5.78 Å². The third-order valence-corrected chi connectivity index (χ3v) is 4.35. The fraction of sp³-hybridized carbons (Fsp3) is 0.316. The Morgan fingerprint density at radius 3 is 2.38 bits per heavy atom. The van der Waals surface area contributed by atoms with Gasteiger partial charge >= 0.3 is 0 Å². The fourth-order valence-corrected chi connectivity index (χ4v) is 2.80. The summed E-state index contributed by atoms with van der Waals surface area (Å²) in [6.07, 6.45) is 3.88. The van der Waals surface area contributed by atoms with Crippen molar-refractivity contribution in [3.8, 4) is 5.75 Å². The minimum atomic E-state index is 0.0238. The summed E-state index contributed by atoms with van der Waals surface area (Å²) in [5.41, 5.74) is 3.77. The molecule has 1 aliphatic rings. The first kappa shape index (κ1) is 13.9. The number of benzene rings is 2. The van der Waals surface area contributed by atoms with E-state index in [2.05, 4.69) is 12.1 Å². The van der Waals surface area contributed by atoms with Crippen molar-refractivity contribution in [2.24, 2.45) is 0 Å². The summed E-state index contributed by atoms with van der Waals surface area (Å²) in [5, 5.41) is 0. The van der Waals surface area contributed by atoms with Crippen molar-refractivity contribution < 1.29 is 9.53 Å². The van der Waals surface area contributed by atoms with Crippen molar-refractivity contribution in [3.05, 3.63) is 64.7 Å². The van der Waals surface area contributed by atoms with E-state index >= 15 is 0 Å². The van der Waals surface area contributed by atoms with E-state index in [9.17, 15) is 4.79 Å². The van der Waals surface area contributed by atoms with E-state index in [4.69, 9.17) is 4.74 Å². The van der Waals surface area contributed by atoms with Crippen LogP contribution in [0.5, 0.6) is 5.75 Å². The molecule has 0 amide bonds. The lowest BCUT2D eigenvalue weighted by Crippen LogP contribution is -2.09. The molecular weight excluding hydrogens is 260 g/mol. The Labute approximate surface area is 125 Å². The first-order valence-corrected chi connectivity index (χ1v) is 7.48. The van der Waals surface area contributed by atoms with Crippen LogP contribution in [-0.2, 0) is 0 Å². The molecule has 1 aliphatic carbocycles. The summed E-state index contributed by atoms with van der Waals surface area (Å²) < 4.78 is 5.31. The highest BCUT2D eigenvalue weighted by atomic mass is 16.5. The molecule has 0 aromatic heterocycles. The molecule has 1 fully saturated rings. The lowest BCUT2D eigenvalue weighted by molar-refractivity contribution is 0.103. The van der Waals surface area contributed by atoms with E-state index in [0.717, 1.165) is 11.1 Å². The van der Waals surface area contributed by atoms with Crippen LogP contribution in [0.4, 0.5) is 0 Å². The van der Waals surface area contributed by atoms with Crippen molar-refractivity contribution in [1.82, 2.24) is 0 Å². The minimum absolute atomic E-state index is 0.0238. The van der Waals surface area contributed by atoms with Crippen LogP contribution in [0.15, 0.2) is 42.5 Å². The number of hydrogen-bond donors (Lipinski definition) is 0. The zero-order valence-electron chi connectivity index (χ0n) is 12.6. The minimum Gasteiger partial charge on any atom is -0.496 e. The maximum Gasteiger partial charge on any atom is 0.196 e. The second-order valence-electron chi connectivity index (χ2n) is 5.78. The molecule has 2 aromatic carbocycles. The molecule has 0 atom stereocenters. The van der Waals surface area contributed by atoms with Crippen molar-refractivity contribution in [2.45, 2.75) is 32.1 Å². The summed E-state index contributed by atoms with van der Waals surface area (Å²) in [6.45, 7) is 1.98. The molecule has 2 aromatic rings. The number of hydrogen-bond acceptors (Lipinski definition) is 2. The Kier molecular flexibility index (Phi) is 3.78. The van der Waals surface area contributed by atoms with Gasteiger partial charge in [0.1, 0.15) is 5.75 Å². The summed E-state index contributed by atoms with van der Waals surface area (Å²) in [7, 11) is 1.60. The Bertz CT molecular complexity index is 652. The highest BCUT2D eigenvalue weighted by Gasteiger charge is 2.20. The van der Waals surface area contributed by atoms with E-state index in [-0.39, 0.29) is 5.78 Å². The molecule has 0 unspecified atom stereocenters. The number of methoxy groups -OCH3 is 1. The summed E-state index contributed by atoms with van der Waals surface area (Å²) >= 11 is 0. The number of carbonyl (C=O) groups is 1. The van der Waals surface area contributed by atoms with E-state index in [1.54, 1.807) is 7.11 Å². The first-order valence-electron chi connectivity index (χ1n) is 7.48. The number of carbonyl (C=O) groups excluding carboxylic acids is 1. The van der Waals surface area contributed by atoms with Gasteiger partial charge in [0.05, 0.1) is 12.7 Å². The zero-order valence-corrected chi connectivity index (χ0v) is 12.6. The van der Waals surface area contributed by atoms with Gasteiger partial charge in [0.25, 0.3) is 0 Å². The second kappa shape index (κ2) is 5.72. The van der Waals surface area contributed by atoms with Crippen LogP contribution in [0, 0.1) is 6.92 Å². The lowest BCUT2D eigenvalue weighted by Gasteiger charge is -2.25. The third-order valence-electron chi connectivity index (χ3n) is 4.35. The van der Waals surface area contributed by atoms with E-state index in [0.29, 0.717) is 17.2 Å². The van der Waals surface area contributed by atoms with Crippen LogP contribution < -0.4 is 4.74 Å². The number of rotatable bonds is 4. The number of ketones is 1. The van der Waals surface area contributed by atoms with E-state index in [1.807, 2.05) is 37.3 Å². The van der Waals surface area contributed by atoms with Crippen molar-refractivity contribution >= 4 is 5.78 Å². The topological polar surface area (TPSA) is 26.3 Å². The average Bonchev–Trinajstić information content (AvgIpc) is 2.45. The van der Waals surface area contributed by atoms with Crippen LogP contribution in [0.3, 0.4) is 0 Å². The third kappa shape index (κ3) is 2.71. The zero-order chi connectivity index (χ0) is 14.8. The van der Waals surface area contributed by atoms with Crippen LogP contribution in [0.2, 0.25) is 0 Å². The van der Waals surface area contributed by atoms with Crippen LogP contribution in [0.25, 0.3) is 0 Å². The van der Waals surface area contributed by atoms with Gasteiger partial charge in [-0.05, 0) is 43.4 Å². The fourth-order valence-electron chi connectivity index (χ4n) is 2.80. The van der Waals surface area contributed by atoms with Gasteiger partial charge in [-0.25, -0.2) is 0 Å². The van der Waals surface area contributed by atoms with Crippen molar-refractivity contribution in [3.63, 3.8) is 0 Å². The van der Waals surface area contributed by atoms with Gasteiger partial charge < -0.3 is 4.74 Å². The molecule has 1 saturated carbocycles. The molecule has 2 heteroatoms. The highest BCUT2D eigenvalue weighted by molar-refractivity contribution is 6.10. The SMILES string of the molecule is COc1ccc(C)cc1C(=O)c1ccc(C2CCC2)cc1. The van der Waals surface area contributed by atoms with E-state index < -0.39 is 0 Å². The van der Waals surface area contributed by atoms with Crippen LogP contribution >= 0.6 is 0 Å². The Balaban J connectivity index is 1.89. The van der Waals surface area contributed by atoms with E-state index in [1.165, 1.54) is 24.8 Å². The first-order chi connectivity index (χ1) is 10.2. The second-order valence-corrected chi connectivity index (χ2v) is 5.78. The van der Waals surface area contributed by atoms with Gasteiger partial charge in [-0.15, -0.1) is 0 Å². The van der Waals surface area contributed by atoms with Gasteiger partial charge in [0.2, 0.25) is 0 Å². The molecular formula is C19H20O2. The number of ether oxygens (including phenoxy) is 1. The van der Waals surface area contributed by atoms with Crippen LogP contribution in [-0.4, -0.2) is 12.9 Å². The Morgan fingerprint density at radius 2 is 1.81 bits per heavy atom. The normalized spacial score (nSPS) is 14.6. The van der Waals surface area contributed by atoms with Crippen LogP contribution in [0.1, 0.15) is 52.2 Å². The molecule has 0 heterocycles. The molecule has 0 bridgehead atoms. The molecule has 3 rings (SSSR count). The largest absolute Gasteiger partial charge is 0.496 e. The average molecular weight is 280 g/mol. The molecule has 0 saturated heterocycles. The Hall–Kier alpha value is -2.09. The molecule has 2 nitrogen and oxygen atoms in total. The molecule has 21 heavy (non-hydrogen) atoms.